The third-order valence-corrected chi connectivity index (χ3v) is 3.67. The number of rotatable bonds is 4. The molecule has 0 radical (unpaired) electrons. The number of piperidine rings is 1. The molecule has 1 aliphatic heterocycles. The van der Waals surface area contributed by atoms with E-state index >= 15 is 0 Å². The molecule has 1 unspecified atom stereocenters. The number of carbonyl (C=O) groups excluding carboxylic acids is 1. The molecule has 1 aliphatic carbocycles. The maximum Gasteiger partial charge on any atom is 0.220 e. The summed E-state index contributed by atoms with van der Waals surface area (Å²) in [5.74, 6) is 1.11. The van der Waals surface area contributed by atoms with Crippen molar-refractivity contribution in [2.24, 2.45) is 5.92 Å². The quantitative estimate of drug-likeness (QED) is 0.737. The van der Waals surface area contributed by atoms with Crippen LogP contribution in [0.3, 0.4) is 0 Å². The van der Waals surface area contributed by atoms with E-state index in [0.29, 0.717) is 6.04 Å². The molecule has 2 aliphatic rings. The summed E-state index contributed by atoms with van der Waals surface area (Å²) in [4.78, 5) is 11.6. The van der Waals surface area contributed by atoms with Gasteiger partial charge < -0.3 is 10.6 Å². The molecule has 1 saturated carbocycles. The average molecular weight is 210 g/mol. The van der Waals surface area contributed by atoms with Gasteiger partial charge in [-0.15, -0.1) is 0 Å². The minimum absolute atomic E-state index is 0.260. The smallest absolute Gasteiger partial charge is 0.220 e. The second-order valence-corrected chi connectivity index (χ2v) is 4.95. The first-order valence-corrected chi connectivity index (χ1v) is 6.34. The molecule has 86 valence electrons. The first-order valence-electron chi connectivity index (χ1n) is 6.34. The molecule has 2 N–H and O–H groups in total. The van der Waals surface area contributed by atoms with E-state index in [4.69, 9.17) is 0 Å². The van der Waals surface area contributed by atoms with E-state index < -0.39 is 0 Å². The SMILES string of the molecule is O=C(CCC1CCC1)NC1CCCNC1. The molecule has 3 heteroatoms. The van der Waals surface area contributed by atoms with Crippen LogP contribution >= 0.6 is 0 Å². The molecule has 1 amide bonds. The van der Waals surface area contributed by atoms with Crippen LogP contribution in [0, 0.1) is 5.92 Å². The van der Waals surface area contributed by atoms with Gasteiger partial charge >= 0.3 is 0 Å². The predicted molar refractivity (Wildman–Crippen MR) is 60.6 cm³/mol. The minimum atomic E-state index is 0.260. The van der Waals surface area contributed by atoms with Gasteiger partial charge in [0.15, 0.2) is 0 Å². The van der Waals surface area contributed by atoms with Crippen LogP contribution in [-0.4, -0.2) is 25.0 Å². The standard InChI is InChI=1S/C12H22N2O/c15-12(7-6-10-3-1-4-10)14-11-5-2-8-13-9-11/h10-11,13H,1-9H2,(H,14,15). The summed E-state index contributed by atoms with van der Waals surface area (Å²) in [6.07, 6.45) is 8.23. The Labute approximate surface area is 92.0 Å². The first kappa shape index (κ1) is 10.9. The Kier molecular flexibility index (Phi) is 4.01. The summed E-state index contributed by atoms with van der Waals surface area (Å²) < 4.78 is 0. The molecule has 1 atom stereocenters. The summed E-state index contributed by atoms with van der Waals surface area (Å²) in [7, 11) is 0. The molecule has 1 heterocycles. The lowest BCUT2D eigenvalue weighted by Crippen LogP contribution is -2.45. The highest BCUT2D eigenvalue weighted by molar-refractivity contribution is 5.76. The van der Waals surface area contributed by atoms with Crippen molar-refractivity contribution in [3.05, 3.63) is 0 Å². The zero-order valence-corrected chi connectivity index (χ0v) is 9.43. The third-order valence-electron chi connectivity index (χ3n) is 3.67. The van der Waals surface area contributed by atoms with Gasteiger partial charge in [0.1, 0.15) is 0 Å². The number of nitrogens with one attached hydrogen (secondary N) is 2. The summed E-state index contributed by atoms with van der Waals surface area (Å²) in [6, 6.07) is 0.382. The van der Waals surface area contributed by atoms with Crippen molar-refractivity contribution < 1.29 is 4.79 Å². The second-order valence-electron chi connectivity index (χ2n) is 4.95. The molecular formula is C12H22N2O. The van der Waals surface area contributed by atoms with Crippen LogP contribution in [0.1, 0.15) is 44.9 Å². The zero-order valence-electron chi connectivity index (χ0n) is 9.43. The van der Waals surface area contributed by atoms with Crippen molar-refractivity contribution in [3.63, 3.8) is 0 Å². The van der Waals surface area contributed by atoms with Gasteiger partial charge in [0, 0.05) is 19.0 Å². The van der Waals surface area contributed by atoms with Gasteiger partial charge in [0.2, 0.25) is 5.91 Å². The Bertz CT molecular complexity index is 208. The van der Waals surface area contributed by atoms with Crippen molar-refractivity contribution in [1.82, 2.24) is 10.6 Å². The molecule has 0 spiro atoms. The van der Waals surface area contributed by atoms with E-state index in [0.717, 1.165) is 38.3 Å². The summed E-state index contributed by atoms with van der Waals surface area (Å²) in [5.41, 5.74) is 0. The lowest BCUT2D eigenvalue weighted by atomic mass is 9.82. The number of hydrogen-bond acceptors (Lipinski definition) is 2. The lowest BCUT2D eigenvalue weighted by molar-refractivity contribution is -0.122. The minimum Gasteiger partial charge on any atom is -0.352 e. The van der Waals surface area contributed by atoms with Crippen molar-refractivity contribution >= 4 is 5.91 Å². The Morgan fingerprint density at radius 2 is 2.13 bits per heavy atom. The first-order chi connectivity index (χ1) is 7.34. The molecule has 2 fully saturated rings. The largest absolute Gasteiger partial charge is 0.352 e. The highest BCUT2D eigenvalue weighted by Gasteiger charge is 2.19. The normalized spacial score (nSPS) is 27.1. The summed E-state index contributed by atoms with van der Waals surface area (Å²) >= 11 is 0. The monoisotopic (exact) mass is 210 g/mol. The van der Waals surface area contributed by atoms with Gasteiger partial charge in [-0.25, -0.2) is 0 Å². The topological polar surface area (TPSA) is 41.1 Å². The maximum absolute atomic E-state index is 11.6. The fraction of sp³-hybridized carbons (Fsp3) is 0.917. The van der Waals surface area contributed by atoms with Crippen LogP contribution in [0.15, 0.2) is 0 Å². The van der Waals surface area contributed by atoms with Crippen molar-refractivity contribution in [1.29, 1.82) is 0 Å². The molecule has 2 rings (SSSR count). The Balaban J connectivity index is 1.58. The van der Waals surface area contributed by atoms with Crippen LogP contribution in [0.25, 0.3) is 0 Å². The number of amides is 1. The Morgan fingerprint density at radius 1 is 1.27 bits per heavy atom. The van der Waals surface area contributed by atoms with E-state index in [-0.39, 0.29) is 5.91 Å². The van der Waals surface area contributed by atoms with Crippen LogP contribution in [-0.2, 0) is 4.79 Å². The number of hydrogen-bond donors (Lipinski definition) is 2. The van der Waals surface area contributed by atoms with Crippen LogP contribution < -0.4 is 10.6 Å². The zero-order chi connectivity index (χ0) is 10.5. The highest BCUT2D eigenvalue weighted by Crippen LogP contribution is 2.30. The molecule has 0 aromatic rings. The molecular weight excluding hydrogens is 188 g/mol. The summed E-state index contributed by atoms with van der Waals surface area (Å²) in [6.45, 7) is 2.06. The van der Waals surface area contributed by atoms with Gasteiger partial charge in [-0.1, -0.05) is 19.3 Å². The van der Waals surface area contributed by atoms with E-state index in [1.54, 1.807) is 0 Å². The summed E-state index contributed by atoms with van der Waals surface area (Å²) in [5, 5.41) is 6.43. The molecule has 0 bridgehead atoms. The van der Waals surface area contributed by atoms with Gasteiger partial charge in [0.05, 0.1) is 0 Å². The van der Waals surface area contributed by atoms with E-state index in [9.17, 15) is 4.79 Å². The molecule has 15 heavy (non-hydrogen) atoms. The van der Waals surface area contributed by atoms with Crippen molar-refractivity contribution in [3.8, 4) is 0 Å². The van der Waals surface area contributed by atoms with Crippen molar-refractivity contribution in [2.75, 3.05) is 13.1 Å². The second kappa shape index (κ2) is 5.50. The van der Waals surface area contributed by atoms with Crippen LogP contribution in [0.4, 0.5) is 0 Å². The van der Waals surface area contributed by atoms with Gasteiger partial charge in [0.25, 0.3) is 0 Å². The van der Waals surface area contributed by atoms with Gasteiger partial charge in [-0.05, 0) is 31.7 Å². The average Bonchev–Trinajstić information content (AvgIpc) is 2.17. The molecule has 0 aromatic carbocycles. The van der Waals surface area contributed by atoms with E-state index in [1.807, 2.05) is 0 Å². The molecule has 3 nitrogen and oxygen atoms in total. The van der Waals surface area contributed by atoms with Crippen LogP contribution in [0.5, 0.6) is 0 Å². The Hall–Kier alpha value is -0.570. The fourth-order valence-electron chi connectivity index (χ4n) is 2.39. The molecule has 1 saturated heterocycles. The highest BCUT2D eigenvalue weighted by atomic mass is 16.1. The van der Waals surface area contributed by atoms with E-state index in [2.05, 4.69) is 10.6 Å². The Morgan fingerprint density at radius 3 is 2.73 bits per heavy atom. The van der Waals surface area contributed by atoms with Crippen molar-refractivity contribution in [2.45, 2.75) is 51.0 Å². The fourth-order valence-corrected chi connectivity index (χ4v) is 2.39. The van der Waals surface area contributed by atoms with Gasteiger partial charge in [-0.2, -0.15) is 0 Å². The number of carbonyl (C=O) groups is 1. The third kappa shape index (κ3) is 3.49. The maximum atomic E-state index is 11.6. The lowest BCUT2D eigenvalue weighted by Gasteiger charge is -2.26. The molecule has 0 aromatic heterocycles. The predicted octanol–water partition coefficient (Wildman–Crippen LogP) is 1.43. The van der Waals surface area contributed by atoms with Crippen LogP contribution in [0.2, 0.25) is 0 Å². The van der Waals surface area contributed by atoms with Gasteiger partial charge in [-0.3, -0.25) is 4.79 Å². The van der Waals surface area contributed by atoms with E-state index in [1.165, 1.54) is 25.7 Å².